The van der Waals surface area contributed by atoms with Crippen molar-refractivity contribution in [1.82, 2.24) is 30.2 Å². The number of nitrogens with one attached hydrogen (secondary N) is 2. The highest BCUT2D eigenvalue weighted by Crippen LogP contribution is 2.24. The maximum absolute atomic E-state index is 12.7. The molecule has 0 aliphatic rings. The third-order valence-electron chi connectivity index (χ3n) is 4.73. The van der Waals surface area contributed by atoms with Crippen LogP contribution in [-0.2, 0) is 14.8 Å². The smallest absolute Gasteiger partial charge is 0.264 e. The van der Waals surface area contributed by atoms with Crippen LogP contribution in [0.3, 0.4) is 0 Å². The molecule has 13 heteroatoms. The molecule has 2 heterocycles. The SMILES string of the molecule is Cc1cc(C)nc(NS(=O)(=O)c2ccc(NC(=O)C(C)Sc3nnnn3-c3ccccc3)cc2)n1. The van der Waals surface area contributed by atoms with E-state index in [1.807, 2.05) is 30.3 Å². The molecule has 1 amide bonds. The van der Waals surface area contributed by atoms with E-state index in [2.05, 4.69) is 35.5 Å². The summed E-state index contributed by atoms with van der Waals surface area (Å²) in [6.07, 6.45) is 0. The first-order valence-electron chi connectivity index (χ1n) is 10.5. The molecule has 0 aliphatic carbocycles. The number of para-hydroxylation sites is 1. The van der Waals surface area contributed by atoms with Gasteiger partial charge >= 0.3 is 0 Å². The molecule has 0 saturated carbocycles. The fourth-order valence-corrected chi connectivity index (χ4v) is 4.86. The number of carbonyl (C=O) groups excluding carboxylic acids is 1. The number of thioether (sulfide) groups is 1. The van der Waals surface area contributed by atoms with E-state index in [1.165, 1.54) is 36.0 Å². The molecule has 4 aromatic rings. The largest absolute Gasteiger partial charge is 0.325 e. The number of aryl methyl sites for hydroxylation is 2. The molecular weight excluding hydrogens is 488 g/mol. The predicted octanol–water partition coefficient (Wildman–Crippen LogP) is 2.99. The third-order valence-corrected chi connectivity index (χ3v) is 7.11. The number of hydrogen-bond acceptors (Lipinski definition) is 9. The van der Waals surface area contributed by atoms with Gasteiger partial charge in [0.2, 0.25) is 17.0 Å². The van der Waals surface area contributed by atoms with Gasteiger partial charge < -0.3 is 5.32 Å². The summed E-state index contributed by atoms with van der Waals surface area (Å²) >= 11 is 1.20. The van der Waals surface area contributed by atoms with E-state index in [-0.39, 0.29) is 16.8 Å². The monoisotopic (exact) mass is 510 g/mol. The van der Waals surface area contributed by atoms with Crippen LogP contribution in [0.5, 0.6) is 0 Å². The van der Waals surface area contributed by atoms with Crippen molar-refractivity contribution in [2.75, 3.05) is 10.0 Å². The normalized spacial score (nSPS) is 12.2. The van der Waals surface area contributed by atoms with Crippen molar-refractivity contribution in [1.29, 1.82) is 0 Å². The van der Waals surface area contributed by atoms with Gasteiger partial charge in [0.25, 0.3) is 10.0 Å². The average Bonchev–Trinajstić information content (AvgIpc) is 3.27. The summed E-state index contributed by atoms with van der Waals surface area (Å²) in [5.41, 5.74) is 2.53. The first-order chi connectivity index (χ1) is 16.7. The van der Waals surface area contributed by atoms with Crippen LogP contribution in [0.15, 0.2) is 70.7 Å². The Morgan fingerprint density at radius 2 is 1.66 bits per heavy atom. The van der Waals surface area contributed by atoms with Gasteiger partial charge in [-0.25, -0.2) is 23.1 Å². The standard InChI is InChI=1S/C22H22N8O3S2/c1-14-13-15(2)24-21(23-14)27-35(32,33)19-11-9-17(10-12-19)25-20(31)16(3)34-22-26-28-29-30(22)18-7-5-4-6-8-18/h4-13,16H,1-3H3,(H,25,31)(H,23,24,27). The van der Waals surface area contributed by atoms with Crippen LogP contribution in [-0.4, -0.2) is 49.8 Å². The lowest BCUT2D eigenvalue weighted by molar-refractivity contribution is -0.115. The van der Waals surface area contributed by atoms with E-state index < -0.39 is 15.3 Å². The summed E-state index contributed by atoms with van der Waals surface area (Å²) in [5, 5.41) is 14.4. The van der Waals surface area contributed by atoms with E-state index >= 15 is 0 Å². The zero-order valence-electron chi connectivity index (χ0n) is 19.1. The second-order valence-electron chi connectivity index (χ2n) is 7.56. The number of aromatic nitrogens is 6. The molecule has 4 rings (SSSR count). The van der Waals surface area contributed by atoms with Crippen LogP contribution in [0.2, 0.25) is 0 Å². The molecule has 0 fully saturated rings. The predicted molar refractivity (Wildman–Crippen MR) is 132 cm³/mol. The Balaban J connectivity index is 1.40. The number of hydrogen-bond donors (Lipinski definition) is 2. The minimum Gasteiger partial charge on any atom is -0.325 e. The van der Waals surface area contributed by atoms with Crippen molar-refractivity contribution in [2.45, 2.75) is 36.1 Å². The van der Waals surface area contributed by atoms with Crippen LogP contribution in [0, 0.1) is 13.8 Å². The molecule has 180 valence electrons. The van der Waals surface area contributed by atoms with Gasteiger partial charge in [0.15, 0.2) is 0 Å². The van der Waals surface area contributed by atoms with Crippen LogP contribution < -0.4 is 10.0 Å². The van der Waals surface area contributed by atoms with Gasteiger partial charge in [-0.2, -0.15) is 4.68 Å². The number of benzene rings is 2. The topological polar surface area (TPSA) is 145 Å². The molecule has 0 saturated heterocycles. The zero-order chi connectivity index (χ0) is 25.0. The Bertz CT molecular complexity index is 1420. The Morgan fingerprint density at radius 3 is 2.31 bits per heavy atom. The highest BCUT2D eigenvalue weighted by Gasteiger charge is 2.20. The molecule has 2 N–H and O–H groups in total. The van der Waals surface area contributed by atoms with Gasteiger partial charge in [-0.3, -0.25) is 4.79 Å². The number of carbonyl (C=O) groups is 1. The lowest BCUT2D eigenvalue weighted by atomic mass is 10.3. The average molecular weight is 511 g/mol. The number of nitrogens with zero attached hydrogens (tertiary/aromatic N) is 6. The number of anilines is 2. The second kappa shape index (κ2) is 10.2. The highest BCUT2D eigenvalue weighted by molar-refractivity contribution is 8.00. The molecule has 1 atom stereocenters. The minimum absolute atomic E-state index is 0.00331. The van der Waals surface area contributed by atoms with Gasteiger partial charge in [-0.05, 0) is 73.7 Å². The van der Waals surface area contributed by atoms with E-state index in [1.54, 1.807) is 31.5 Å². The summed E-state index contributed by atoms with van der Waals surface area (Å²) in [7, 11) is -3.89. The maximum atomic E-state index is 12.7. The Morgan fingerprint density at radius 1 is 1.00 bits per heavy atom. The van der Waals surface area contributed by atoms with Crippen LogP contribution in [0.4, 0.5) is 11.6 Å². The lowest BCUT2D eigenvalue weighted by Gasteiger charge is -2.12. The zero-order valence-corrected chi connectivity index (χ0v) is 20.7. The van der Waals surface area contributed by atoms with Crippen molar-refractivity contribution in [2.24, 2.45) is 0 Å². The summed E-state index contributed by atoms with van der Waals surface area (Å²) in [6.45, 7) is 5.24. The van der Waals surface area contributed by atoms with Crippen molar-refractivity contribution in [3.63, 3.8) is 0 Å². The molecule has 0 aliphatic heterocycles. The first kappa shape index (κ1) is 24.3. The van der Waals surface area contributed by atoms with Crippen LogP contribution in [0.1, 0.15) is 18.3 Å². The lowest BCUT2D eigenvalue weighted by Crippen LogP contribution is -2.23. The summed E-state index contributed by atoms with van der Waals surface area (Å²) in [6, 6.07) is 16.9. The number of tetrazole rings is 1. The van der Waals surface area contributed by atoms with Crippen molar-refractivity contribution >= 4 is 39.3 Å². The van der Waals surface area contributed by atoms with Gasteiger partial charge in [0.05, 0.1) is 15.8 Å². The highest BCUT2D eigenvalue weighted by atomic mass is 32.2. The van der Waals surface area contributed by atoms with E-state index in [4.69, 9.17) is 0 Å². The molecule has 1 unspecified atom stereocenters. The number of sulfonamides is 1. The third kappa shape index (κ3) is 6.00. The van der Waals surface area contributed by atoms with Gasteiger partial charge in [0, 0.05) is 17.1 Å². The molecular formula is C22H22N8O3S2. The van der Waals surface area contributed by atoms with Crippen LogP contribution in [0.25, 0.3) is 5.69 Å². The van der Waals surface area contributed by atoms with E-state index in [0.717, 1.165) is 5.69 Å². The summed E-state index contributed by atoms with van der Waals surface area (Å²) < 4.78 is 29.3. The molecule has 0 radical (unpaired) electrons. The Labute approximate surface area is 206 Å². The van der Waals surface area contributed by atoms with Gasteiger partial charge in [-0.15, -0.1) is 5.10 Å². The molecule has 35 heavy (non-hydrogen) atoms. The molecule has 0 spiro atoms. The quantitative estimate of drug-likeness (QED) is 0.342. The van der Waals surface area contributed by atoms with E-state index in [9.17, 15) is 13.2 Å². The molecule has 0 bridgehead atoms. The fraction of sp³-hybridized carbons (Fsp3) is 0.182. The molecule has 2 aromatic heterocycles. The number of amides is 1. The number of rotatable bonds is 8. The summed E-state index contributed by atoms with van der Waals surface area (Å²) in [5.74, 6) is -0.279. The Kier molecular flexibility index (Phi) is 7.07. The minimum atomic E-state index is -3.89. The second-order valence-corrected chi connectivity index (χ2v) is 10.6. The fourth-order valence-electron chi connectivity index (χ4n) is 3.11. The van der Waals surface area contributed by atoms with Crippen LogP contribution >= 0.6 is 11.8 Å². The van der Waals surface area contributed by atoms with Crippen molar-refractivity contribution in [3.05, 3.63) is 72.1 Å². The van der Waals surface area contributed by atoms with Crippen molar-refractivity contribution in [3.8, 4) is 5.69 Å². The molecule has 11 nitrogen and oxygen atoms in total. The summed E-state index contributed by atoms with van der Waals surface area (Å²) in [4.78, 5) is 20.9. The Hall–Kier alpha value is -3.84. The van der Waals surface area contributed by atoms with Gasteiger partial charge in [0.1, 0.15) is 0 Å². The molecule has 2 aromatic carbocycles. The first-order valence-corrected chi connectivity index (χ1v) is 12.8. The van der Waals surface area contributed by atoms with E-state index in [0.29, 0.717) is 22.2 Å². The maximum Gasteiger partial charge on any atom is 0.264 e. The van der Waals surface area contributed by atoms with Crippen molar-refractivity contribution < 1.29 is 13.2 Å². The van der Waals surface area contributed by atoms with Gasteiger partial charge in [-0.1, -0.05) is 30.0 Å².